The summed E-state index contributed by atoms with van der Waals surface area (Å²) in [6.45, 7) is 7.30. The highest BCUT2D eigenvalue weighted by Gasteiger charge is 2.59. The topological polar surface area (TPSA) is 67.9 Å². The Bertz CT molecular complexity index is 391. The Balaban J connectivity index is 2.12. The van der Waals surface area contributed by atoms with Crippen LogP contribution in [0.1, 0.15) is 27.2 Å². The van der Waals surface area contributed by atoms with E-state index in [2.05, 4.69) is 5.32 Å². The summed E-state index contributed by atoms with van der Waals surface area (Å²) in [4.78, 5) is 25.7. The predicted octanol–water partition coefficient (Wildman–Crippen LogP) is 0.758. The van der Waals surface area contributed by atoms with Crippen molar-refractivity contribution in [3.8, 4) is 0 Å². The fourth-order valence-corrected chi connectivity index (χ4v) is 2.84. The van der Waals surface area contributed by atoms with Gasteiger partial charge in [0.1, 0.15) is 5.60 Å². The van der Waals surface area contributed by atoms with Gasteiger partial charge in [-0.25, -0.2) is 4.79 Å². The maximum absolute atomic E-state index is 12.2. The zero-order valence-corrected chi connectivity index (χ0v) is 12.0. The van der Waals surface area contributed by atoms with Crippen LogP contribution in [-0.2, 0) is 14.3 Å². The van der Waals surface area contributed by atoms with Gasteiger partial charge in [-0.1, -0.05) is 0 Å². The Kier molecular flexibility index (Phi) is 3.47. The second-order valence-electron chi connectivity index (χ2n) is 6.19. The van der Waals surface area contributed by atoms with Crippen molar-refractivity contribution in [3.63, 3.8) is 0 Å². The first-order valence-corrected chi connectivity index (χ1v) is 6.59. The van der Waals surface area contributed by atoms with Gasteiger partial charge in [-0.2, -0.15) is 0 Å². The molecule has 0 bridgehead atoms. The number of esters is 1. The standard InChI is InChI=1S/C13H22N2O4/c1-12(2,3)19-11(17)15-6-5-13(15)8-14-7-9(13)10(16)18-4/h9,14H,5-8H2,1-4H3/t9-,13+/m0/s1. The lowest BCUT2D eigenvalue weighted by Crippen LogP contribution is -2.68. The van der Waals surface area contributed by atoms with E-state index in [1.807, 2.05) is 20.8 Å². The van der Waals surface area contributed by atoms with E-state index in [0.717, 1.165) is 6.42 Å². The number of hydrogen-bond acceptors (Lipinski definition) is 5. The molecule has 2 aliphatic heterocycles. The molecule has 6 nitrogen and oxygen atoms in total. The van der Waals surface area contributed by atoms with Gasteiger partial charge >= 0.3 is 12.1 Å². The van der Waals surface area contributed by atoms with Gasteiger partial charge in [-0.3, -0.25) is 4.79 Å². The summed E-state index contributed by atoms with van der Waals surface area (Å²) in [5.41, 5.74) is -0.990. The first-order valence-electron chi connectivity index (χ1n) is 6.59. The van der Waals surface area contributed by atoms with E-state index < -0.39 is 11.1 Å². The highest BCUT2D eigenvalue weighted by molar-refractivity contribution is 5.78. The minimum absolute atomic E-state index is 0.266. The van der Waals surface area contributed by atoms with Crippen LogP contribution < -0.4 is 5.32 Å². The summed E-state index contributed by atoms with van der Waals surface area (Å²) < 4.78 is 10.2. The number of hydrogen-bond donors (Lipinski definition) is 1. The average Bonchev–Trinajstić information content (AvgIpc) is 2.70. The van der Waals surface area contributed by atoms with Crippen LogP contribution in [0.3, 0.4) is 0 Å². The maximum Gasteiger partial charge on any atom is 0.410 e. The van der Waals surface area contributed by atoms with Gasteiger partial charge in [0.2, 0.25) is 0 Å². The Morgan fingerprint density at radius 1 is 1.37 bits per heavy atom. The van der Waals surface area contributed by atoms with Crippen LogP contribution in [0, 0.1) is 5.92 Å². The average molecular weight is 270 g/mol. The van der Waals surface area contributed by atoms with Crippen LogP contribution in [0.5, 0.6) is 0 Å². The number of nitrogens with one attached hydrogen (secondary N) is 1. The van der Waals surface area contributed by atoms with Crippen molar-refractivity contribution in [2.45, 2.75) is 38.3 Å². The van der Waals surface area contributed by atoms with Crippen LogP contribution in [0.2, 0.25) is 0 Å². The van der Waals surface area contributed by atoms with Gasteiger partial charge in [0.25, 0.3) is 0 Å². The molecule has 2 atom stereocenters. The monoisotopic (exact) mass is 270 g/mol. The number of carbonyl (C=O) groups is 2. The molecule has 1 N–H and O–H groups in total. The van der Waals surface area contributed by atoms with Gasteiger partial charge in [0, 0.05) is 19.6 Å². The fraction of sp³-hybridized carbons (Fsp3) is 0.846. The summed E-state index contributed by atoms with van der Waals surface area (Å²) >= 11 is 0. The van der Waals surface area contributed by atoms with Crippen molar-refractivity contribution >= 4 is 12.1 Å². The second-order valence-corrected chi connectivity index (χ2v) is 6.19. The molecule has 6 heteroatoms. The van der Waals surface area contributed by atoms with E-state index in [4.69, 9.17) is 9.47 Å². The minimum Gasteiger partial charge on any atom is -0.469 e. The molecule has 2 saturated heterocycles. The normalized spacial score (nSPS) is 30.1. The zero-order chi connectivity index (χ0) is 14.3. The molecule has 0 aromatic carbocycles. The summed E-state index contributed by atoms with van der Waals surface area (Å²) in [5.74, 6) is -0.572. The van der Waals surface area contributed by atoms with Crippen molar-refractivity contribution in [1.82, 2.24) is 10.2 Å². The summed E-state index contributed by atoms with van der Waals surface area (Å²) in [7, 11) is 1.38. The Labute approximate surface area is 113 Å². The molecule has 0 aromatic rings. The number of likely N-dealkylation sites (tertiary alicyclic amines) is 1. The second kappa shape index (κ2) is 4.67. The molecular formula is C13H22N2O4. The lowest BCUT2D eigenvalue weighted by atomic mass is 9.76. The van der Waals surface area contributed by atoms with E-state index in [9.17, 15) is 9.59 Å². The van der Waals surface area contributed by atoms with E-state index in [-0.39, 0.29) is 18.0 Å². The smallest absolute Gasteiger partial charge is 0.410 e. The molecule has 2 fully saturated rings. The molecule has 0 unspecified atom stereocenters. The third-order valence-corrected chi connectivity index (χ3v) is 3.83. The van der Waals surface area contributed by atoms with Crippen LogP contribution in [0.25, 0.3) is 0 Å². The Hall–Kier alpha value is -1.30. The number of methoxy groups -OCH3 is 1. The van der Waals surface area contributed by atoms with Crippen molar-refractivity contribution in [3.05, 3.63) is 0 Å². The Morgan fingerprint density at radius 2 is 2.05 bits per heavy atom. The van der Waals surface area contributed by atoms with Gasteiger partial charge in [0.15, 0.2) is 0 Å². The molecule has 0 radical (unpaired) electrons. The van der Waals surface area contributed by atoms with Crippen molar-refractivity contribution in [1.29, 1.82) is 0 Å². The summed E-state index contributed by atoms with van der Waals surface area (Å²) in [5, 5.41) is 3.18. The van der Waals surface area contributed by atoms with Gasteiger partial charge in [-0.15, -0.1) is 0 Å². The largest absolute Gasteiger partial charge is 0.469 e. The van der Waals surface area contributed by atoms with Crippen LogP contribution >= 0.6 is 0 Å². The van der Waals surface area contributed by atoms with Gasteiger partial charge in [-0.05, 0) is 27.2 Å². The SMILES string of the molecule is COC(=O)[C@@H]1CNC[C@]12CCN2C(=O)OC(C)(C)C. The summed E-state index contributed by atoms with van der Waals surface area (Å²) in [6, 6.07) is 0. The molecule has 0 aromatic heterocycles. The molecule has 1 spiro atoms. The van der Waals surface area contributed by atoms with Gasteiger partial charge < -0.3 is 19.7 Å². The molecule has 0 saturated carbocycles. The molecule has 0 aliphatic carbocycles. The van der Waals surface area contributed by atoms with E-state index >= 15 is 0 Å². The van der Waals surface area contributed by atoms with E-state index in [1.54, 1.807) is 4.90 Å². The molecular weight excluding hydrogens is 248 g/mol. The number of carbonyl (C=O) groups excluding carboxylic acids is 2. The molecule has 1 amide bonds. The molecule has 19 heavy (non-hydrogen) atoms. The first-order chi connectivity index (χ1) is 8.80. The van der Waals surface area contributed by atoms with E-state index in [1.165, 1.54) is 7.11 Å². The van der Waals surface area contributed by atoms with Crippen LogP contribution in [0.15, 0.2) is 0 Å². The van der Waals surface area contributed by atoms with Crippen LogP contribution in [0.4, 0.5) is 4.79 Å². The minimum atomic E-state index is -0.527. The number of rotatable bonds is 1. The predicted molar refractivity (Wildman–Crippen MR) is 68.7 cm³/mol. The lowest BCUT2D eigenvalue weighted by Gasteiger charge is -2.52. The lowest BCUT2D eigenvalue weighted by molar-refractivity contribution is -0.152. The highest BCUT2D eigenvalue weighted by Crippen LogP contribution is 2.41. The number of amides is 1. The maximum atomic E-state index is 12.2. The third kappa shape index (κ3) is 2.41. The first kappa shape index (κ1) is 14.1. The Morgan fingerprint density at radius 3 is 2.53 bits per heavy atom. The molecule has 108 valence electrons. The quantitative estimate of drug-likeness (QED) is 0.712. The number of nitrogens with zero attached hydrogens (tertiary/aromatic N) is 1. The van der Waals surface area contributed by atoms with Gasteiger partial charge in [0.05, 0.1) is 18.6 Å². The highest BCUT2D eigenvalue weighted by atomic mass is 16.6. The van der Waals surface area contributed by atoms with Crippen molar-refractivity contribution in [2.75, 3.05) is 26.7 Å². The van der Waals surface area contributed by atoms with Crippen molar-refractivity contribution in [2.24, 2.45) is 5.92 Å². The third-order valence-electron chi connectivity index (χ3n) is 3.83. The van der Waals surface area contributed by atoms with Crippen molar-refractivity contribution < 1.29 is 19.1 Å². The molecule has 2 aliphatic rings. The zero-order valence-electron chi connectivity index (χ0n) is 12.0. The molecule has 2 heterocycles. The van der Waals surface area contributed by atoms with E-state index in [0.29, 0.717) is 19.6 Å². The number of ether oxygens (including phenoxy) is 2. The fourth-order valence-electron chi connectivity index (χ4n) is 2.84. The van der Waals surface area contributed by atoms with Crippen LogP contribution in [-0.4, -0.2) is 54.8 Å². The molecule has 2 rings (SSSR count). The summed E-state index contributed by atoms with van der Waals surface area (Å²) in [6.07, 6.45) is 0.454.